The molecule has 2 aromatic rings. The lowest BCUT2D eigenvalue weighted by molar-refractivity contribution is -0.385. The third-order valence-corrected chi connectivity index (χ3v) is 6.38. The highest BCUT2D eigenvalue weighted by atomic mass is 32.2. The molecule has 3 rings (SSSR count). The van der Waals surface area contributed by atoms with Crippen LogP contribution in [0.4, 0.5) is 18.9 Å². The molecule has 34 heavy (non-hydrogen) atoms. The highest BCUT2D eigenvalue weighted by molar-refractivity contribution is 7.90. The van der Waals surface area contributed by atoms with Crippen molar-refractivity contribution in [1.82, 2.24) is 10.2 Å². The van der Waals surface area contributed by atoms with Gasteiger partial charge in [0.05, 0.1) is 21.4 Å². The number of carbonyl (C=O) groups excluding carboxylic acids is 2. The number of amides is 2. The van der Waals surface area contributed by atoms with Crippen LogP contribution in [0.2, 0.25) is 0 Å². The number of halogens is 3. The molecule has 2 amide bonds. The second-order valence-electron chi connectivity index (χ2n) is 7.84. The van der Waals surface area contributed by atoms with E-state index in [9.17, 15) is 41.3 Å². The van der Waals surface area contributed by atoms with E-state index < -0.39 is 49.0 Å². The molecule has 0 radical (unpaired) electrons. The van der Waals surface area contributed by atoms with Gasteiger partial charge in [-0.05, 0) is 30.2 Å². The van der Waals surface area contributed by atoms with Crippen molar-refractivity contribution in [3.63, 3.8) is 0 Å². The summed E-state index contributed by atoms with van der Waals surface area (Å²) in [7, 11) is -3.91. The molecule has 0 bridgehead atoms. The third-order valence-electron chi connectivity index (χ3n) is 5.29. The fourth-order valence-electron chi connectivity index (χ4n) is 3.56. The number of likely N-dealkylation sites (tertiary alicyclic amines) is 1. The van der Waals surface area contributed by atoms with Crippen molar-refractivity contribution in [2.75, 3.05) is 19.3 Å². The molecule has 182 valence electrons. The smallest absolute Gasteiger partial charge is 0.343 e. The van der Waals surface area contributed by atoms with Crippen LogP contribution in [-0.2, 0) is 20.8 Å². The summed E-state index contributed by atoms with van der Waals surface area (Å²) in [5.74, 6) is -1.16. The SMILES string of the molecule is CS(=O)(=O)c1cc(C(=O)NC(CN2CCCC2=O)c2cccc(C(F)(F)F)c2)cc([N+](=O)[O-])c1. The maximum absolute atomic E-state index is 13.2. The van der Waals surface area contributed by atoms with Crippen molar-refractivity contribution in [2.24, 2.45) is 0 Å². The first kappa shape index (κ1) is 25.1. The van der Waals surface area contributed by atoms with Crippen LogP contribution in [0.1, 0.15) is 40.4 Å². The van der Waals surface area contributed by atoms with Crippen molar-refractivity contribution in [3.8, 4) is 0 Å². The highest BCUT2D eigenvalue weighted by Gasteiger charge is 2.32. The highest BCUT2D eigenvalue weighted by Crippen LogP contribution is 2.31. The zero-order valence-electron chi connectivity index (χ0n) is 17.8. The van der Waals surface area contributed by atoms with Crippen LogP contribution in [0.3, 0.4) is 0 Å². The number of nitrogens with one attached hydrogen (secondary N) is 1. The Morgan fingerprint density at radius 3 is 2.50 bits per heavy atom. The van der Waals surface area contributed by atoms with Crippen molar-refractivity contribution < 1.29 is 36.1 Å². The van der Waals surface area contributed by atoms with Crippen molar-refractivity contribution in [1.29, 1.82) is 0 Å². The molecule has 1 fully saturated rings. The first-order chi connectivity index (χ1) is 15.8. The van der Waals surface area contributed by atoms with E-state index in [-0.39, 0.29) is 30.0 Å². The van der Waals surface area contributed by atoms with E-state index in [1.54, 1.807) is 0 Å². The minimum absolute atomic E-state index is 0.0663. The number of hydrogen-bond acceptors (Lipinski definition) is 6. The third kappa shape index (κ3) is 5.90. The van der Waals surface area contributed by atoms with Crippen LogP contribution >= 0.6 is 0 Å². The average Bonchev–Trinajstić information content (AvgIpc) is 3.16. The van der Waals surface area contributed by atoms with Crippen LogP contribution < -0.4 is 5.32 Å². The summed E-state index contributed by atoms with van der Waals surface area (Å²) in [6, 6.07) is 5.77. The largest absolute Gasteiger partial charge is 0.416 e. The standard InChI is InChI=1S/C21H20F3N3O6S/c1-34(32,33)17-10-14(9-16(11-17)27(30)31)20(29)25-18(12-26-7-3-6-19(26)28)13-4-2-5-15(8-13)21(22,23)24/h2,4-5,8-11,18H,3,6-7,12H2,1H3,(H,25,29). The van der Waals surface area contributed by atoms with Gasteiger partial charge in [0, 0.05) is 43.5 Å². The minimum Gasteiger partial charge on any atom is -0.343 e. The summed E-state index contributed by atoms with van der Waals surface area (Å²) in [6.45, 7) is 0.235. The van der Waals surface area contributed by atoms with E-state index in [0.717, 1.165) is 42.7 Å². The first-order valence-electron chi connectivity index (χ1n) is 10.0. The van der Waals surface area contributed by atoms with Crippen LogP contribution in [0.15, 0.2) is 47.4 Å². The first-order valence-corrected chi connectivity index (χ1v) is 11.9. The maximum atomic E-state index is 13.2. The maximum Gasteiger partial charge on any atom is 0.416 e. The van der Waals surface area contributed by atoms with Gasteiger partial charge in [0.2, 0.25) is 5.91 Å². The Morgan fingerprint density at radius 2 is 1.94 bits per heavy atom. The van der Waals surface area contributed by atoms with E-state index in [2.05, 4.69) is 5.32 Å². The Labute approximate surface area is 192 Å². The van der Waals surface area contributed by atoms with Crippen LogP contribution in [0, 0.1) is 10.1 Å². The number of nitrogens with zero attached hydrogens (tertiary/aromatic N) is 2. The molecule has 1 N–H and O–H groups in total. The Morgan fingerprint density at radius 1 is 1.24 bits per heavy atom. The molecular formula is C21H20F3N3O6S. The zero-order chi connectivity index (χ0) is 25.3. The van der Waals surface area contributed by atoms with Crippen molar-refractivity contribution in [2.45, 2.75) is 30.0 Å². The number of benzene rings is 2. The molecule has 0 saturated carbocycles. The Kier molecular flexibility index (Phi) is 6.96. The second-order valence-corrected chi connectivity index (χ2v) is 9.85. The van der Waals surface area contributed by atoms with Crippen molar-refractivity contribution in [3.05, 3.63) is 69.3 Å². The predicted molar refractivity (Wildman–Crippen MR) is 114 cm³/mol. The van der Waals surface area contributed by atoms with Gasteiger partial charge in [0.25, 0.3) is 11.6 Å². The molecule has 1 aliphatic heterocycles. The molecule has 0 aliphatic carbocycles. The number of nitro benzene ring substituents is 1. The summed E-state index contributed by atoms with van der Waals surface area (Å²) >= 11 is 0. The molecule has 1 aliphatic rings. The van der Waals surface area contributed by atoms with E-state index in [0.29, 0.717) is 13.0 Å². The summed E-state index contributed by atoms with van der Waals surface area (Å²) in [5, 5.41) is 13.7. The predicted octanol–water partition coefficient (Wildman–Crippen LogP) is 3.11. The van der Waals surface area contributed by atoms with Gasteiger partial charge in [-0.3, -0.25) is 19.7 Å². The normalized spacial score (nSPS) is 15.3. The molecule has 1 atom stereocenters. The van der Waals surface area contributed by atoms with Gasteiger partial charge in [-0.1, -0.05) is 12.1 Å². The average molecular weight is 499 g/mol. The van der Waals surface area contributed by atoms with Gasteiger partial charge in [-0.25, -0.2) is 8.42 Å². The number of non-ortho nitro benzene ring substituents is 1. The minimum atomic E-state index is -4.64. The fraction of sp³-hybridized carbons (Fsp3) is 0.333. The summed E-state index contributed by atoms with van der Waals surface area (Å²) < 4.78 is 63.5. The molecule has 0 aromatic heterocycles. The fourth-order valence-corrected chi connectivity index (χ4v) is 4.23. The topological polar surface area (TPSA) is 127 Å². The quantitative estimate of drug-likeness (QED) is 0.461. The van der Waals surface area contributed by atoms with Crippen LogP contribution in [0.25, 0.3) is 0 Å². The summed E-state index contributed by atoms with van der Waals surface area (Å²) in [4.78, 5) is 36.4. The molecule has 1 heterocycles. The lowest BCUT2D eigenvalue weighted by Gasteiger charge is -2.26. The van der Waals surface area contributed by atoms with Gasteiger partial charge in [-0.15, -0.1) is 0 Å². The molecule has 1 saturated heterocycles. The number of hydrogen-bond donors (Lipinski definition) is 1. The Bertz CT molecular complexity index is 1250. The van der Waals surface area contributed by atoms with E-state index in [1.165, 1.54) is 11.0 Å². The number of rotatable bonds is 7. The van der Waals surface area contributed by atoms with Gasteiger partial charge < -0.3 is 10.2 Å². The van der Waals surface area contributed by atoms with E-state index >= 15 is 0 Å². The van der Waals surface area contributed by atoms with E-state index in [4.69, 9.17) is 0 Å². The van der Waals surface area contributed by atoms with Crippen LogP contribution in [-0.4, -0.2) is 49.4 Å². The number of nitro groups is 1. The zero-order valence-corrected chi connectivity index (χ0v) is 18.6. The lowest BCUT2D eigenvalue weighted by atomic mass is 10.0. The van der Waals surface area contributed by atoms with Crippen LogP contribution in [0.5, 0.6) is 0 Å². The number of alkyl halides is 3. The Balaban J connectivity index is 2.00. The molecule has 1 unspecified atom stereocenters. The number of carbonyl (C=O) groups is 2. The lowest BCUT2D eigenvalue weighted by Crippen LogP contribution is -2.38. The monoisotopic (exact) mass is 499 g/mol. The second kappa shape index (κ2) is 9.41. The molecular weight excluding hydrogens is 479 g/mol. The summed E-state index contributed by atoms with van der Waals surface area (Å²) in [6.07, 6.45) is -2.99. The van der Waals surface area contributed by atoms with Crippen molar-refractivity contribution >= 4 is 27.3 Å². The van der Waals surface area contributed by atoms with Gasteiger partial charge in [-0.2, -0.15) is 13.2 Å². The van der Waals surface area contributed by atoms with Gasteiger partial charge >= 0.3 is 6.18 Å². The molecule has 13 heteroatoms. The summed E-state index contributed by atoms with van der Waals surface area (Å²) in [5.41, 5.74) is -1.89. The van der Waals surface area contributed by atoms with E-state index in [1.807, 2.05) is 0 Å². The van der Waals surface area contributed by atoms with Gasteiger partial charge in [0.1, 0.15) is 0 Å². The molecule has 9 nitrogen and oxygen atoms in total. The number of sulfone groups is 1. The Hall–Kier alpha value is -3.48. The molecule has 0 spiro atoms. The van der Waals surface area contributed by atoms with Gasteiger partial charge in [0.15, 0.2) is 9.84 Å². The molecule has 2 aromatic carbocycles.